The fraction of sp³-hybridized carbons (Fsp3) is 0.310. The van der Waals surface area contributed by atoms with E-state index in [1.165, 1.54) is 5.56 Å². The number of rotatable bonds is 9. The largest absolute Gasteiger partial charge is 0.496 e. The highest BCUT2D eigenvalue weighted by Crippen LogP contribution is 2.38. The molecule has 192 valence electrons. The van der Waals surface area contributed by atoms with Crippen molar-refractivity contribution in [3.05, 3.63) is 88.2 Å². The van der Waals surface area contributed by atoms with Crippen molar-refractivity contribution < 1.29 is 14.2 Å². The molecular weight excluding hydrogens is 532 g/mol. The average molecular weight is 563 g/mol. The first-order valence-electron chi connectivity index (χ1n) is 12.4. The van der Waals surface area contributed by atoms with Gasteiger partial charge in [-0.1, -0.05) is 52.3 Å². The van der Waals surface area contributed by atoms with Gasteiger partial charge in [-0.15, -0.1) is 0 Å². The Balaban J connectivity index is 1.28. The van der Waals surface area contributed by atoms with Crippen LogP contribution in [0, 0.1) is 0 Å². The zero-order valence-corrected chi connectivity index (χ0v) is 22.6. The van der Waals surface area contributed by atoms with E-state index >= 15 is 0 Å². The minimum absolute atomic E-state index is 0.0129. The quantitative estimate of drug-likeness (QED) is 0.271. The van der Waals surface area contributed by atoms with E-state index in [9.17, 15) is 0 Å². The van der Waals surface area contributed by atoms with E-state index in [2.05, 4.69) is 54.7 Å². The van der Waals surface area contributed by atoms with E-state index in [-0.39, 0.29) is 12.0 Å². The van der Waals surface area contributed by atoms with Gasteiger partial charge >= 0.3 is 0 Å². The fourth-order valence-corrected chi connectivity index (χ4v) is 5.14. The van der Waals surface area contributed by atoms with Crippen LogP contribution in [0.4, 0.5) is 5.95 Å². The number of ether oxygens (including phenoxy) is 3. The topological polar surface area (TPSA) is 77.5 Å². The molecule has 1 aromatic heterocycles. The predicted molar refractivity (Wildman–Crippen MR) is 149 cm³/mol. The van der Waals surface area contributed by atoms with Gasteiger partial charge in [-0.05, 0) is 42.3 Å². The predicted octanol–water partition coefficient (Wildman–Crippen LogP) is 5.68. The van der Waals surface area contributed by atoms with Gasteiger partial charge < -0.3 is 24.8 Å². The molecule has 7 nitrogen and oxygen atoms in total. The van der Waals surface area contributed by atoms with Crippen LogP contribution in [0.1, 0.15) is 29.0 Å². The molecule has 0 spiro atoms. The van der Waals surface area contributed by atoms with Crippen molar-refractivity contribution in [2.45, 2.75) is 31.6 Å². The number of methoxy groups -OCH3 is 2. The zero-order valence-electron chi connectivity index (χ0n) is 21.0. The van der Waals surface area contributed by atoms with Gasteiger partial charge in [0, 0.05) is 52.2 Å². The average Bonchev–Trinajstić information content (AvgIpc) is 2.95. The molecule has 37 heavy (non-hydrogen) atoms. The summed E-state index contributed by atoms with van der Waals surface area (Å²) in [7, 11) is 3.39. The van der Waals surface area contributed by atoms with Crippen molar-refractivity contribution in [1.29, 1.82) is 0 Å². The summed E-state index contributed by atoms with van der Waals surface area (Å²) in [6.45, 7) is 2.78. The maximum atomic E-state index is 6.50. The SMILES string of the molecule is COc1cc(COC2CNCCC2c2cnc(NCc3ccc(Br)cc3)nc2)c(OC)c2ccccc12. The molecule has 2 heterocycles. The molecule has 2 atom stereocenters. The first-order valence-corrected chi connectivity index (χ1v) is 13.2. The molecular formula is C29H31BrN4O3. The Kier molecular flexibility index (Phi) is 8.18. The van der Waals surface area contributed by atoms with Gasteiger partial charge in [-0.25, -0.2) is 9.97 Å². The van der Waals surface area contributed by atoms with Crippen molar-refractivity contribution in [2.24, 2.45) is 0 Å². The van der Waals surface area contributed by atoms with E-state index in [0.717, 1.165) is 57.4 Å². The monoisotopic (exact) mass is 562 g/mol. The Morgan fingerprint density at radius 1 is 1.00 bits per heavy atom. The van der Waals surface area contributed by atoms with Gasteiger partial charge in [-0.2, -0.15) is 0 Å². The molecule has 3 aromatic carbocycles. The molecule has 0 radical (unpaired) electrons. The van der Waals surface area contributed by atoms with E-state index in [1.807, 2.05) is 48.8 Å². The zero-order chi connectivity index (χ0) is 25.6. The van der Waals surface area contributed by atoms with E-state index in [0.29, 0.717) is 19.1 Å². The number of anilines is 1. The number of nitrogens with zero attached hydrogens (tertiary/aromatic N) is 2. The van der Waals surface area contributed by atoms with Crippen LogP contribution in [0.3, 0.4) is 0 Å². The molecule has 1 saturated heterocycles. The third-order valence-electron chi connectivity index (χ3n) is 6.80. The minimum Gasteiger partial charge on any atom is -0.496 e. The highest BCUT2D eigenvalue weighted by molar-refractivity contribution is 9.10. The number of halogens is 1. The maximum absolute atomic E-state index is 6.50. The Hall–Kier alpha value is -3.20. The number of hydrogen-bond acceptors (Lipinski definition) is 7. The summed E-state index contributed by atoms with van der Waals surface area (Å²) in [6, 6.07) is 18.3. The third-order valence-corrected chi connectivity index (χ3v) is 7.33. The Morgan fingerprint density at radius 3 is 2.49 bits per heavy atom. The number of benzene rings is 3. The van der Waals surface area contributed by atoms with E-state index in [4.69, 9.17) is 14.2 Å². The van der Waals surface area contributed by atoms with Crippen LogP contribution in [0.5, 0.6) is 11.5 Å². The van der Waals surface area contributed by atoms with Crippen molar-refractivity contribution in [2.75, 3.05) is 32.6 Å². The molecule has 0 saturated carbocycles. The van der Waals surface area contributed by atoms with Gasteiger partial charge in [0.05, 0.1) is 26.9 Å². The van der Waals surface area contributed by atoms with Gasteiger partial charge in [0.1, 0.15) is 11.5 Å². The summed E-state index contributed by atoms with van der Waals surface area (Å²) in [5, 5.41) is 8.80. The number of aromatic nitrogens is 2. The van der Waals surface area contributed by atoms with Crippen LogP contribution in [0.25, 0.3) is 10.8 Å². The van der Waals surface area contributed by atoms with Gasteiger partial charge in [0.25, 0.3) is 0 Å². The fourth-order valence-electron chi connectivity index (χ4n) is 4.88. The van der Waals surface area contributed by atoms with Crippen LogP contribution < -0.4 is 20.1 Å². The van der Waals surface area contributed by atoms with Crippen LogP contribution in [-0.4, -0.2) is 43.4 Å². The molecule has 4 aromatic rings. The summed E-state index contributed by atoms with van der Waals surface area (Å²) >= 11 is 3.47. The van der Waals surface area contributed by atoms with Crippen LogP contribution in [-0.2, 0) is 17.9 Å². The van der Waals surface area contributed by atoms with Crippen molar-refractivity contribution in [3.63, 3.8) is 0 Å². The second-order valence-corrected chi connectivity index (χ2v) is 10.0. The van der Waals surface area contributed by atoms with E-state index in [1.54, 1.807) is 14.2 Å². The highest BCUT2D eigenvalue weighted by Gasteiger charge is 2.28. The number of hydrogen-bond donors (Lipinski definition) is 2. The molecule has 5 rings (SSSR count). The summed E-state index contributed by atoms with van der Waals surface area (Å²) < 4.78 is 19.0. The molecule has 2 unspecified atom stereocenters. The molecule has 1 aliphatic heterocycles. The highest BCUT2D eigenvalue weighted by atomic mass is 79.9. The lowest BCUT2D eigenvalue weighted by atomic mass is 9.89. The molecule has 0 bridgehead atoms. The lowest BCUT2D eigenvalue weighted by Crippen LogP contribution is -2.41. The maximum Gasteiger partial charge on any atom is 0.222 e. The molecule has 1 aliphatic rings. The van der Waals surface area contributed by atoms with Gasteiger partial charge in [0.2, 0.25) is 5.95 Å². The lowest BCUT2D eigenvalue weighted by Gasteiger charge is -2.32. The molecule has 1 fully saturated rings. The summed E-state index contributed by atoms with van der Waals surface area (Å²) in [5.74, 6) is 2.45. The minimum atomic E-state index is -0.0129. The number of piperidine rings is 1. The smallest absolute Gasteiger partial charge is 0.222 e. The number of nitrogens with one attached hydrogen (secondary N) is 2. The number of fused-ring (bicyclic) bond motifs is 1. The molecule has 8 heteroatoms. The Bertz CT molecular complexity index is 1330. The van der Waals surface area contributed by atoms with Crippen LogP contribution in [0.2, 0.25) is 0 Å². The summed E-state index contributed by atoms with van der Waals surface area (Å²) in [5.41, 5.74) is 3.22. The lowest BCUT2D eigenvalue weighted by molar-refractivity contribution is 0.00970. The van der Waals surface area contributed by atoms with Crippen LogP contribution in [0.15, 0.2) is 71.5 Å². The molecule has 0 amide bonds. The Labute approximate surface area is 225 Å². The summed E-state index contributed by atoms with van der Waals surface area (Å²) in [4.78, 5) is 9.16. The van der Waals surface area contributed by atoms with Gasteiger partial charge in [-0.3, -0.25) is 0 Å². The first kappa shape index (κ1) is 25.4. The van der Waals surface area contributed by atoms with Crippen molar-refractivity contribution in [3.8, 4) is 11.5 Å². The second kappa shape index (κ2) is 11.9. The normalized spacial score (nSPS) is 17.5. The molecule has 2 N–H and O–H groups in total. The molecule has 0 aliphatic carbocycles. The Morgan fingerprint density at radius 2 is 1.76 bits per heavy atom. The third kappa shape index (κ3) is 5.87. The van der Waals surface area contributed by atoms with Crippen molar-refractivity contribution in [1.82, 2.24) is 15.3 Å². The van der Waals surface area contributed by atoms with E-state index < -0.39 is 0 Å². The van der Waals surface area contributed by atoms with Gasteiger partial charge in [0.15, 0.2) is 0 Å². The van der Waals surface area contributed by atoms with Crippen molar-refractivity contribution >= 4 is 32.7 Å². The first-order chi connectivity index (χ1) is 18.2. The second-order valence-electron chi connectivity index (χ2n) is 9.09. The standard InChI is InChI=1S/C29H31BrN4O3/c1-35-26-13-20(28(36-2)25-6-4-3-5-24(25)26)18-37-27-17-31-12-11-23(27)21-15-33-29(34-16-21)32-14-19-7-9-22(30)10-8-19/h3-10,13,15-16,23,27,31H,11-12,14,17-18H2,1-2H3,(H,32,33,34). The van der Waals surface area contributed by atoms with Crippen LogP contribution >= 0.6 is 15.9 Å². The summed E-state index contributed by atoms with van der Waals surface area (Å²) in [6.07, 6.45) is 4.78.